The maximum atomic E-state index is 6.99. The summed E-state index contributed by atoms with van der Waals surface area (Å²) in [4.78, 5) is 0. The Hall–Kier alpha value is -0.590. The third-order valence-electron chi connectivity index (χ3n) is 2.68. The number of nitrogens with one attached hydrogen (secondary N) is 1. The molecule has 1 heteroatoms. The maximum absolute atomic E-state index is 6.99. The molecule has 0 aromatic heterocycles. The summed E-state index contributed by atoms with van der Waals surface area (Å²) in [5.41, 5.74) is 0. The van der Waals surface area contributed by atoms with Gasteiger partial charge in [-0.1, -0.05) is 6.08 Å². The Kier molecular flexibility index (Phi) is 3.34. The Balaban J connectivity index is 2.23. The molecule has 0 spiro atoms. The standard InChI is InChI=1S/C10H17N/c1-2-9-3-5-10(6-4-9)7-8-11/h2,8-11H,1,3-7H2/t9-,10-. The summed E-state index contributed by atoms with van der Waals surface area (Å²) in [6, 6.07) is 0. The van der Waals surface area contributed by atoms with E-state index in [4.69, 9.17) is 5.41 Å². The minimum Gasteiger partial charge on any atom is -0.313 e. The molecular weight excluding hydrogens is 134 g/mol. The van der Waals surface area contributed by atoms with Crippen LogP contribution in [0, 0.1) is 17.2 Å². The molecule has 0 atom stereocenters. The van der Waals surface area contributed by atoms with Crippen molar-refractivity contribution in [2.24, 2.45) is 11.8 Å². The van der Waals surface area contributed by atoms with Crippen molar-refractivity contribution < 1.29 is 0 Å². The van der Waals surface area contributed by atoms with Crippen molar-refractivity contribution in [1.82, 2.24) is 0 Å². The molecule has 1 fully saturated rings. The van der Waals surface area contributed by atoms with E-state index in [1.54, 1.807) is 6.21 Å². The van der Waals surface area contributed by atoms with Crippen LogP contribution < -0.4 is 0 Å². The molecule has 62 valence electrons. The molecule has 0 saturated heterocycles. The molecule has 0 aliphatic heterocycles. The van der Waals surface area contributed by atoms with E-state index in [0.29, 0.717) is 0 Å². The monoisotopic (exact) mass is 151 g/mol. The lowest BCUT2D eigenvalue weighted by atomic mass is 9.81. The Bertz CT molecular complexity index is 132. The fourth-order valence-corrected chi connectivity index (χ4v) is 1.83. The second-order valence-electron chi connectivity index (χ2n) is 3.46. The second-order valence-corrected chi connectivity index (χ2v) is 3.46. The summed E-state index contributed by atoms with van der Waals surface area (Å²) >= 11 is 0. The van der Waals surface area contributed by atoms with Crippen LogP contribution in [0.3, 0.4) is 0 Å². The van der Waals surface area contributed by atoms with Gasteiger partial charge in [-0.15, -0.1) is 6.58 Å². The summed E-state index contributed by atoms with van der Waals surface area (Å²) in [7, 11) is 0. The van der Waals surface area contributed by atoms with Gasteiger partial charge in [-0.2, -0.15) is 0 Å². The molecule has 1 aliphatic carbocycles. The quantitative estimate of drug-likeness (QED) is 0.473. The van der Waals surface area contributed by atoms with E-state index in [1.807, 2.05) is 0 Å². The predicted molar refractivity (Wildman–Crippen MR) is 49.0 cm³/mol. The molecule has 0 aromatic rings. The zero-order valence-electron chi connectivity index (χ0n) is 7.05. The smallest absolute Gasteiger partial charge is 0.00450 e. The van der Waals surface area contributed by atoms with Crippen LogP contribution in [-0.4, -0.2) is 6.21 Å². The molecule has 0 heterocycles. The van der Waals surface area contributed by atoms with Crippen LogP contribution in [0.25, 0.3) is 0 Å². The van der Waals surface area contributed by atoms with Gasteiger partial charge in [0.1, 0.15) is 0 Å². The number of hydrogen-bond acceptors (Lipinski definition) is 1. The molecule has 1 nitrogen and oxygen atoms in total. The van der Waals surface area contributed by atoms with Crippen molar-refractivity contribution in [3.63, 3.8) is 0 Å². The van der Waals surface area contributed by atoms with Crippen molar-refractivity contribution in [3.05, 3.63) is 12.7 Å². The van der Waals surface area contributed by atoms with Crippen LogP contribution in [-0.2, 0) is 0 Å². The topological polar surface area (TPSA) is 23.9 Å². The number of allylic oxidation sites excluding steroid dienone is 1. The fourth-order valence-electron chi connectivity index (χ4n) is 1.83. The van der Waals surface area contributed by atoms with Gasteiger partial charge in [0.2, 0.25) is 0 Å². The Morgan fingerprint density at radius 1 is 1.27 bits per heavy atom. The van der Waals surface area contributed by atoms with Crippen molar-refractivity contribution in [2.75, 3.05) is 0 Å². The van der Waals surface area contributed by atoms with E-state index in [1.165, 1.54) is 25.7 Å². The highest BCUT2D eigenvalue weighted by Crippen LogP contribution is 2.30. The van der Waals surface area contributed by atoms with Gasteiger partial charge in [0, 0.05) is 0 Å². The predicted octanol–water partition coefficient (Wildman–Crippen LogP) is 3.02. The van der Waals surface area contributed by atoms with Crippen LogP contribution in [0.4, 0.5) is 0 Å². The zero-order chi connectivity index (χ0) is 8.10. The summed E-state index contributed by atoms with van der Waals surface area (Å²) in [5, 5.41) is 6.99. The van der Waals surface area contributed by atoms with Gasteiger partial charge in [-0.25, -0.2) is 0 Å². The second kappa shape index (κ2) is 4.32. The van der Waals surface area contributed by atoms with Gasteiger partial charge in [-0.3, -0.25) is 0 Å². The molecule has 11 heavy (non-hydrogen) atoms. The summed E-state index contributed by atoms with van der Waals surface area (Å²) in [5.74, 6) is 1.56. The molecule has 1 aliphatic rings. The lowest BCUT2D eigenvalue weighted by Gasteiger charge is -2.25. The first kappa shape index (κ1) is 8.51. The summed E-state index contributed by atoms with van der Waals surface area (Å²) < 4.78 is 0. The molecule has 0 radical (unpaired) electrons. The Labute approximate surface area is 69.0 Å². The van der Waals surface area contributed by atoms with Crippen LogP contribution >= 0.6 is 0 Å². The van der Waals surface area contributed by atoms with Crippen molar-refractivity contribution in [3.8, 4) is 0 Å². The highest BCUT2D eigenvalue weighted by Gasteiger charge is 2.17. The van der Waals surface area contributed by atoms with Crippen molar-refractivity contribution >= 4 is 6.21 Å². The lowest BCUT2D eigenvalue weighted by Crippen LogP contribution is -2.12. The first-order chi connectivity index (χ1) is 5.36. The van der Waals surface area contributed by atoms with Crippen LogP contribution in [0.2, 0.25) is 0 Å². The van der Waals surface area contributed by atoms with Gasteiger partial charge in [-0.05, 0) is 50.2 Å². The van der Waals surface area contributed by atoms with Gasteiger partial charge in [0.25, 0.3) is 0 Å². The van der Waals surface area contributed by atoms with Crippen LogP contribution in [0.1, 0.15) is 32.1 Å². The highest BCUT2D eigenvalue weighted by atomic mass is 14.3. The minimum atomic E-state index is 0.761. The number of hydrogen-bond donors (Lipinski definition) is 1. The van der Waals surface area contributed by atoms with E-state index in [2.05, 4.69) is 12.7 Å². The SMILES string of the molecule is C=C[C@H]1CC[C@H](CC=N)CC1. The average molecular weight is 151 g/mol. The third kappa shape index (κ3) is 2.49. The minimum absolute atomic E-state index is 0.761. The van der Waals surface area contributed by atoms with E-state index in [-0.39, 0.29) is 0 Å². The van der Waals surface area contributed by atoms with E-state index < -0.39 is 0 Å². The zero-order valence-corrected chi connectivity index (χ0v) is 7.05. The molecule has 0 unspecified atom stereocenters. The average Bonchev–Trinajstić information content (AvgIpc) is 2.07. The Morgan fingerprint density at radius 3 is 2.36 bits per heavy atom. The largest absolute Gasteiger partial charge is 0.313 e. The molecule has 0 amide bonds. The van der Waals surface area contributed by atoms with Crippen LogP contribution in [0.15, 0.2) is 12.7 Å². The Morgan fingerprint density at radius 2 is 1.91 bits per heavy atom. The summed E-state index contributed by atoms with van der Waals surface area (Å²) in [6.45, 7) is 3.81. The normalized spacial score (nSPS) is 31.3. The first-order valence-corrected chi connectivity index (χ1v) is 4.48. The van der Waals surface area contributed by atoms with Gasteiger partial charge < -0.3 is 5.41 Å². The lowest BCUT2D eigenvalue weighted by molar-refractivity contribution is 0.319. The van der Waals surface area contributed by atoms with Gasteiger partial charge in [0.15, 0.2) is 0 Å². The van der Waals surface area contributed by atoms with Crippen LogP contribution in [0.5, 0.6) is 0 Å². The number of rotatable bonds is 3. The van der Waals surface area contributed by atoms with E-state index in [9.17, 15) is 0 Å². The molecule has 0 bridgehead atoms. The highest BCUT2D eigenvalue weighted by molar-refractivity contribution is 5.53. The molecule has 0 aromatic carbocycles. The molecule has 1 N–H and O–H groups in total. The first-order valence-electron chi connectivity index (χ1n) is 4.48. The van der Waals surface area contributed by atoms with E-state index >= 15 is 0 Å². The van der Waals surface area contributed by atoms with Gasteiger partial charge in [0.05, 0.1) is 0 Å². The fraction of sp³-hybridized carbons (Fsp3) is 0.700. The van der Waals surface area contributed by atoms with Gasteiger partial charge >= 0.3 is 0 Å². The molecule has 1 rings (SSSR count). The van der Waals surface area contributed by atoms with Crippen molar-refractivity contribution in [2.45, 2.75) is 32.1 Å². The summed E-state index contributed by atoms with van der Waals surface area (Å²) in [6.07, 6.45) is 9.81. The van der Waals surface area contributed by atoms with Crippen molar-refractivity contribution in [1.29, 1.82) is 5.41 Å². The third-order valence-corrected chi connectivity index (χ3v) is 2.68. The molecular formula is C10H17N. The van der Waals surface area contributed by atoms with E-state index in [0.717, 1.165) is 18.3 Å². The maximum Gasteiger partial charge on any atom is -0.00450 e. The molecule has 1 saturated carbocycles.